The lowest BCUT2D eigenvalue weighted by atomic mass is 10.0. The molecule has 0 saturated carbocycles. The highest BCUT2D eigenvalue weighted by molar-refractivity contribution is 9.10. The lowest BCUT2D eigenvalue weighted by Crippen LogP contribution is -2.42. The maximum absolute atomic E-state index is 11.5. The quantitative estimate of drug-likeness (QED) is 0.906. The summed E-state index contributed by atoms with van der Waals surface area (Å²) in [6, 6.07) is 5.86. The smallest absolute Gasteiger partial charge is 0.152 e. The fourth-order valence-electron chi connectivity index (χ4n) is 2.29. The van der Waals surface area contributed by atoms with Crippen molar-refractivity contribution >= 4 is 25.8 Å². The molecule has 1 N–H and O–H groups in total. The van der Waals surface area contributed by atoms with Crippen LogP contribution in [0.3, 0.4) is 0 Å². The van der Waals surface area contributed by atoms with Gasteiger partial charge in [0.25, 0.3) is 0 Å². The predicted molar refractivity (Wildman–Crippen MR) is 79.2 cm³/mol. The van der Waals surface area contributed by atoms with E-state index in [1.54, 1.807) is 7.11 Å². The van der Waals surface area contributed by atoms with Crippen molar-refractivity contribution in [3.05, 3.63) is 28.2 Å². The lowest BCUT2D eigenvalue weighted by molar-refractivity contribution is 0.394. The van der Waals surface area contributed by atoms with Crippen LogP contribution < -0.4 is 10.1 Å². The molecule has 0 bridgehead atoms. The third kappa shape index (κ3) is 3.70. The Morgan fingerprint density at radius 2 is 2.21 bits per heavy atom. The average Bonchev–Trinajstić information content (AvgIpc) is 2.62. The van der Waals surface area contributed by atoms with Gasteiger partial charge in [0.2, 0.25) is 0 Å². The molecule has 106 valence electrons. The highest BCUT2D eigenvalue weighted by Gasteiger charge is 2.37. The number of nitrogens with one attached hydrogen (secondary N) is 1. The Balaban J connectivity index is 2.01. The van der Waals surface area contributed by atoms with Gasteiger partial charge in [0.15, 0.2) is 9.84 Å². The molecule has 0 amide bonds. The fraction of sp³-hybridized carbons (Fsp3) is 0.538. The number of hydrogen-bond acceptors (Lipinski definition) is 4. The molecule has 1 atom stereocenters. The third-order valence-corrected chi connectivity index (χ3v) is 5.96. The highest BCUT2D eigenvalue weighted by Crippen LogP contribution is 2.27. The molecule has 19 heavy (non-hydrogen) atoms. The van der Waals surface area contributed by atoms with Crippen LogP contribution in [-0.4, -0.2) is 32.6 Å². The van der Waals surface area contributed by atoms with Gasteiger partial charge in [-0.05, 0) is 47.0 Å². The van der Waals surface area contributed by atoms with Gasteiger partial charge < -0.3 is 10.1 Å². The van der Waals surface area contributed by atoms with Crippen molar-refractivity contribution in [3.63, 3.8) is 0 Å². The maximum Gasteiger partial charge on any atom is 0.152 e. The number of rotatable bonds is 4. The predicted octanol–water partition coefficient (Wildman–Crippen LogP) is 2.12. The van der Waals surface area contributed by atoms with Crippen LogP contribution in [0.4, 0.5) is 0 Å². The zero-order chi connectivity index (χ0) is 14.1. The van der Waals surface area contributed by atoms with Crippen molar-refractivity contribution in [1.29, 1.82) is 0 Å². The second-order valence-electron chi connectivity index (χ2n) is 5.23. The summed E-state index contributed by atoms with van der Waals surface area (Å²) < 4.78 is 29.1. The summed E-state index contributed by atoms with van der Waals surface area (Å²) in [5, 5.41) is 3.35. The van der Waals surface area contributed by atoms with Crippen molar-refractivity contribution in [1.82, 2.24) is 5.32 Å². The molecule has 0 radical (unpaired) electrons. The van der Waals surface area contributed by atoms with Crippen LogP contribution in [-0.2, 0) is 16.4 Å². The van der Waals surface area contributed by atoms with Gasteiger partial charge in [-0.2, -0.15) is 0 Å². The third-order valence-electron chi connectivity index (χ3n) is 3.44. The summed E-state index contributed by atoms with van der Waals surface area (Å²) in [5.74, 6) is 1.29. The molecule has 0 aromatic heterocycles. The summed E-state index contributed by atoms with van der Waals surface area (Å²) in [6.45, 7) is 2.62. The molecule has 0 aliphatic carbocycles. The van der Waals surface area contributed by atoms with Gasteiger partial charge in [-0.15, -0.1) is 0 Å². The van der Waals surface area contributed by atoms with E-state index in [1.165, 1.54) is 0 Å². The topological polar surface area (TPSA) is 55.4 Å². The van der Waals surface area contributed by atoms with Crippen LogP contribution in [0.2, 0.25) is 0 Å². The fourth-order valence-corrected chi connectivity index (χ4v) is 5.00. The van der Waals surface area contributed by atoms with Gasteiger partial charge in [-0.3, -0.25) is 0 Å². The average molecular weight is 348 g/mol. The van der Waals surface area contributed by atoms with E-state index in [0.717, 1.165) is 15.8 Å². The molecule has 6 heteroatoms. The monoisotopic (exact) mass is 347 g/mol. The number of hydrogen-bond donors (Lipinski definition) is 1. The Kier molecular flexibility index (Phi) is 4.23. The SMILES string of the molecule is COc1ccc(CNC2(C)CCS(=O)(=O)C2)cc1Br. The van der Waals surface area contributed by atoms with Crippen molar-refractivity contribution in [3.8, 4) is 5.75 Å². The molecule has 1 aliphatic rings. The number of benzene rings is 1. The van der Waals surface area contributed by atoms with Gasteiger partial charge in [-0.1, -0.05) is 6.07 Å². The Hall–Kier alpha value is -0.590. The first kappa shape index (κ1) is 14.8. The first-order chi connectivity index (χ1) is 8.84. The summed E-state index contributed by atoms with van der Waals surface area (Å²) in [4.78, 5) is 0. The minimum atomic E-state index is -2.87. The van der Waals surface area contributed by atoms with Crippen LogP contribution >= 0.6 is 15.9 Å². The van der Waals surface area contributed by atoms with E-state index >= 15 is 0 Å². The second kappa shape index (κ2) is 5.42. The molecule has 1 heterocycles. The molecule has 1 saturated heterocycles. The Morgan fingerprint density at radius 3 is 2.74 bits per heavy atom. The van der Waals surface area contributed by atoms with Crippen molar-refractivity contribution in [2.75, 3.05) is 18.6 Å². The molecule has 1 aromatic rings. The van der Waals surface area contributed by atoms with Gasteiger partial charge in [-0.25, -0.2) is 8.42 Å². The molecule has 1 unspecified atom stereocenters. The normalized spacial score (nSPS) is 25.4. The van der Waals surface area contributed by atoms with Crippen molar-refractivity contribution in [2.24, 2.45) is 0 Å². The zero-order valence-corrected chi connectivity index (χ0v) is 13.5. The van der Waals surface area contributed by atoms with E-state index < -0.39 is 9.84 Å². The summed E-state index contributed by atoms with van der Waals surface area (Å²) in [5.41, 5.74) is 0.781. The maximum atomic E-state index is 11.5. The van der Waals surface area contributed by atoms with Crippen LogP contribution in [0.1, 0.15) is 18.9 Å². The van der Waals surface area contributed by atoms with Gasteiger partial charge in [0, 0.05) is 12.1 Å². The number of ether oxygens (including phenoxy) is 1. The summed E-state index contributed by atoms with van der Waals surface area (Å²) >= 11 is 3.44. The molecule has 2 rings (SSSR count). The van der Waals surface area contributed by atoms with Crippen LogP contribution in [0.15, 0.2) is 22.7 Å². The molecular weight excluding hydrogens is 330 g/mol. The Labute approximate surface area is 122 Å². The van der Waals surface area contributed by atoms with Crippen LogP contribution in [0, 0.1) is 0 Å². The molecule has 0 spiro atoms. The Morgan fingerprint density at radius 1 is 1.47 bits per heavy atom. The second-order valence-corrected chi connectivity index (χ2v) is 8.26. The Bertz CT molecular complexity index is 573. The highest BCUT2D eigenvalue weighted by atomic mass is 79.9. The van der Waals surface area contributed by atoms with E-state index in [9.17, 15) is 8.42 Å². The molecular formula is C13H18BrNO3S. The first-order valence-electron chi connectivity index (χ1n) is 6.11. The van der Waals surface area contributed by atoms with Crippen LogP contribution in [0.5, 0.6) is 5.75 Å². The lowest BCUT2D eigenvalue weighted by Gasteiger charge is -2.24. The summed E-state index contributed by atoms with van der Waals surface area (Å²) in [6.07, 6.45) is 0.673. The van der Waals surface area contributed by atoms with Gasteiger partial charge in [0.1, 0.15) is 5.75 Å². The van der Waals surface area contributed by atoms with Crippen LogP contribution in [0.25, 0.3) is 0 Å². The molecule has 1 aliphatic heterocycles. The molecule has 1 fully saturated rings. The molecule has 1 aromatic carbocycles. The first-order valence-corrected chi connectivity index (χ1v) is 8.73. The van der Waals surface area contributed by atoms with E-state index in [1.807, 2.05) is 25.1 Å². The minimum Gasteiger partial charge on any atom is -0.496 e. The van der Waals surface area contributed by atoms with Crippen molar-refractivity contribution < 1.29 is 13.2 Å². The minimum absolute atomic E-state index is 0.220. The number of methoxy groups -OCH3 is 1. The van der Waals surface area contributed by atoms with E-state index in [4.69, 9.17) is 4.74 Å². The standard InChI is InChI=1S/C13H18BrNO3S/c1-13(5-6-19(16,17)9-13)15-8-10-3-4-12(18-2)11(14)7-10/h3-4,7,15H,5-6,8-9H2,1-2H3. The van der Waals surface area contributed by atoms with Gasteiger partial charge in [0.05, 0.1) is 23.1 Å². The van der Waals surface area contributed by atoms with Gasteiger partial charge >= 0.3 is 0 Å². The van der Waals surface area contributed by atoms with E-state index in [0.29, 0.717) is 13.0 Å². The number of sulfone groups is 1. The largest absolute Gasteiger partial charge is 0.496 e. The number of halogens is 1. The summed E-state index contributed by atoms with van der Waals surface area (Å²) in [7, 11) is -1.24. The zero-order valence-electron chi connectivity index (χ0n) is 11.1. The van der Waals surface area contributed by atoms with Crippen molar-refractivity contribution in [2.45, 2.75) is 25.4 Å². The van der Waals surface area contributed by atoms with E-state index in [-0.39, 0.29) is 17.0 Å². The molecule has 4 nitrogen and oxygen atoms in total. The van der Waals surface area contributed by atoms with E-state index in [2.05, 4.69) is 21.2 Å².